The molecule has 190 valence electrons. The number of H-pyrrole nitrogens is 1. The highest BCUT2D eigenvalue weighted by Crippen LogP contribution is 2.20. The molecule has 0 radical (unpaired) electrons. The van der Waals surface area contributed by atoms with Crippen LogP contribution in [0.4, 0.5) is 11.6 Å². The second-order valence-electron chi connectivity index (χ2n) is 9.22. The van der Waals surface area contributed by atoms with Gasteiger partial charge < -0.3 is 9.80 Å². The van der Waals surface area contributed by atoms with Gasteiger partial charge in [-0.15, -0.1) is 0 Å². The van der Waals surface area contributed by atoms with E-state index in [-0.39, 0.29) is 5.56 Å². The first-order valence-electron chi connectivity index (χ1n) is 12.4. The van der Waals surface area contributed by atoms with Gasteiger partial charge in [0.25, 0.3) is 5.56 Å². The normalized spacial score (nSPS) is 18.2. The number of benzene rings is 2. The molecule has 9 nitrogen and oxygen atoms in total. The molecular formula is C26H32N6O3S. The molecule has 2 aliphatic heterocycles. The number of aromatic amines is 1. The van der Waals surface area contributed by atoms with Crippen LogP contribution in [-0.2, 0) is 16.6 Å². The van der Waals surface area contributed by atoms with E-state index in [2.05, 4.69) is 39.0 Å². The van der Waals surface area contributed by atoms with Crippen LogP contribution >= 0.6 is 0 Å². The number of rotatable bonds is 6. The van der Waals surface area contributed by atoms with E-state index >= 15 is 0 Å². The Kier molecular flexibility index (Phi) is 7.35. The zero-order valence-electron chi connectivity index (χ0n) is 20.3. The van der Waals surface area contributed by atoms with Crippen molar-refractivity contribution in [2.75, 3.05) is 62.2 Å². The van der Waals surface area contributed by atoms with Crippen LogP contribution in [0.2, 0.25) is 0 Å². The standard InChI is InChI=1S/C26H32N6O3S/c33-25-20-22(21-29-14-16-30(17-15-29)23-8-3-1-4-9-23)27-26(28-25)31-12-7-13-32(19-18-31)36(34,35)24-10-5-2-6-11-24/h1-6,8-11,20H,7,12-19,21H2,(H,27,28,33). The molecule has 10 heteroatoms. The molecule has 0 amide bonds. The summed E-state index contributed by atoms with van der Waals surface area (Å²) >= 11 is 0. The Balaban J connectivity index is 1.22. The number of sulfonamides is 1. The van der Waals surface area contributed by atoms with Crippen molar-refractivity contribution in [1.29, 1.82) is 0 Å². The zero-order valence-corrected chi connectivity index (χ0v) is 21.1. The molecule has 2 aromatic carbocycles. The van der Waals surface area contributed by atoms with Gasteiger partial charge in [0.05, 0.1) is 10.6 Å². The smallest absolute Gasteiger partial charge is 0.252 e. The lowest BCUT2D eigenvalue weighted by Crippen LogP contribution is -2.46. The van der Waals surface area contributed by atoms with Gasteiger partial charge in [-0.1, -0.05) is 36.4 Å². The summed E-state index contributed by atoms with van der Waals surface area (Å²) in [6, 6.07) is 20.5. The van der Waals surface area contributed by atoms with Crippen LogP contribution in [0.3, 0.4) is 0 Å². The van der Waals surface area contributed by atoms with Crippen LogP contribution in [0.25, 0.3) is 0 Å². The molecule has 3 aromatic rings. The summed E-state index contributed by atoms with van der Waals surface area (Å²) in [6.45, 7) is 6.13. The van der Waals surface area contributed by atoms with Crippen LogP contribution in [-0.4, -0.2) is 79.9 Å². The minimum atomic E-state index is -3.55. The van der Waals surface area contributed by atoms with Crippen molar-refractivity contribution in [3.05, 3.63) is 82.8 Å². The lowest BCUT2D eigenvalue weighted by atomic mass is 10.2. The molecule has 0 spiro atoms. The average molecular weight is 509 g/mol. The van der Waals surface area contributed by atoms with Gasteiger partial charge in [0.1, 0.15) is 0 Å². The molecule has 5 rings (SSSR count). The summed E-state index contributed by atoms with van der Waals surface area (Å²) in [5.41, 5.74) is 1.79. The highest BCUT2D eigenvalue weighted by molar-refractivity contribution is 7.89. The predicted octanol–water partition coefficient (Wildman–Crippen LogP) is 1.99. The molecule has 1 aromatic heterocycles. The molecule has 0 bridgehead atoms. The first-order chi connectivity index (χ1) is 17.5. The Morgan fingerprint density at radius 2 is 1.44 bits per heavy atom. The van der Waals surface area contributed by atoms with Gasteiger partial charge in [0, 0.05) is 70.7 Å². The average Bonchev–Trinajstić information content (AvgIpc) is 3.17. The Hall–Kier alpha value is -3.21. The third-order valence-electron chi connectivity index (χ3n) is 6.80. The van der Waals surface area contributed by atoms with Gasteiger partial charge in [-0.2, -0.15) is 4.31 Å². The fraction of sp³-hybridized carbons (Fsp3) is 0.385. The maximum Gasteiger partial charge on any atom is 0.252 e. The zero-order chi connectivity index (χ0) is 25.0. The summed E-state index contributed by atoms with van der Waals surface area (Å²) in [6.07, 6.45) is 0.654. The first kappa shape index (κ1) is 24.5. The Morgan fingerprint density at radius 1 is 0.778 bits per heavy atom. The van der Waals surface area contributed by atoms with Crippen LogP contribution in [0.5, 0.6) is 0 Å². The van der Waals surface area contributed by atoms with Crippen LogP contribution in [0, 0.1) is 0 Å². The largest absolute Gasteiger partial charge is 0.369 e. The summed E-state index contributed by atoms with van der Waals surface area (Å²) in [4.78, 5) is 27.1. The molecule has 0 saturated carbocycles. The monoisotopic (exact) mass is 508 g/mol. The second kappa shape index (κ2) is 10.8. The lowest BCUT2D eigenvalue weighted by molar-refractivity contribution is 0.247. The summed E-state index contributed by atoms with van der Waals surface area (Å²) in [5.74, 6) is 0.513. The summed E-state index contributed by atoms with van der Waals surface area (Å²) < 4.78 is 27.6. The van der Waals surface area contributed by atoms with Crippen LogP contribution in [0.15, 0.2) is 76.4 Å². The number of hydrogen-bond donors (Lipinski definition) is 1. The van der Waals surface area contributed by atoms with E-state index in [1.165, 1.54) is 9.99 Å². The summed E-state index contributed by atoms with van der Waals surface area (Å²) in [5, 5.41) is 0. The van der Waals surface area contributed by atoms with E-state index in [1.54, 1.807) is 36.4 Å². The van der Waals surface area contributed by atoms with Crippen molar-refractivity contribution in [3.8, 4) is 0 Å². The number of anilines is 2. The molecule has 2 saturated heterocycles. The molecular weight excluding hydrogens is 476 g/mol. The van der Waals surface area contributed by atoms with Crippen molar-refractivity contribution < 1.29 is 8.42 Å². The molecule has 2 fully saturated rings. The quantitative estimate of drug-likeness (QED) is 0.544. The molecule has 2 aliphatic rings. The predicted molar refractivity (Wildman–Crippen MR) is 141 cm³/mol. The third-order valence-corrected chi connectivity index (χ3v) is 8.71. The highest BCUT2D eigenvalue weighted by atomic mass is 32.2. The van der Waals surface area contributed by atoms with Crippen molar-refractivity contribution in [3.63, 3.8) is 0 Å². The van der Waals surface area contributed by atoms with E-state index in [9.17, 15) is 13.2 Å². The molecule has 0 aliphatic carbocycles. The van der Waals surface area contributed by atoms with E-state index in [0.29, 0.717) is 50.0 Å². The van der Waals surface area contributed by atoms with Gasteiger partial charge in [-0.25, -0.2) is 13.4 Å². The van der Waals surface area contributed by atoms with Gasteiger partial charge in [0.15, 0.2) is 0 Å². The molecule has 36 heavy (non-hydrogen) atoms. The molecule has 0 atom stereocenters. The second-order valence-corrected chi connectivity index (χ2v) is 11.2. The highest BCUT2D eigenvalue weighted by Gasteiger charge is 2.27. The maximum atomic E-state index is 13.1. The molecule has 0 unspecified atom stereocenters. The Labute approximate surface area is 212 Å². The maximum absolute atomic E-state index is 13.1. The van der Waals surface area contributed by atoms with Crippen molar-refractivity contribution in [2.45, 2.75) is 17.9 Å². The lowest BCUT2D eigenvalue weighted by Gasteiger charge is -2.36. The van der Waals surface area contributed by atoms with Crippen molar-refractivity contribution in [2.24, 2.45) is 0 Å². The van der Waals surface area contributed by atoms with E-state index in [4.69, 9.17) is 4.98 Å². The van der Waals surface area contributed by atoms with Crippen molar-refractivity contribution in [1.82, 2.24) is 19.2 Å². The fourth-order valence-electron chi connectivity index (χ4n) is 4.84. The van der Waals surface area contributed by atoms with Gasteiger partial charge in [0.2, 0.25) is 16.0 Å². The molecule has 1 N–H and O–H groups in total. The Morgan fingerprint density at radius 3 is 2.17 bits per heavy atom. The number of nitrogens with zero attached hydrogens (tertiary/aromatic N) is 5. The SMILES string of the molecule is O=c1cc(CN2CCN(c3ccccc3)CC2)nc(N2CCCN(S(=O)(=O)c3ccccc3)CC2)[nH]1. The minimum Gasteiger partial charge on any atom is -0.369 e. The first-order valence-corrected chi connectivity index (χ1v) is 13.9. The number of para-hydroxylation sites is 1. The summed E-state index contributed by atoms with van der Waals surface area (Å²) in [7, 11) is -3.55. The van der Waals surface area contributed by atoms with E-state index in [1.807, 2.05) is 11.0 Å². The number of piperazine rings is 1. The number of aromatic nitrogens is 2. The Bertz CT molecular complexity index is 1310. The van der Waals surface area contributed by atoms with Gasteiger partial charge in [-0.05, 0) is 30.7 Å². The fourth-order valence-corrected chi connectivity index (χ4v) is 6.33. The van der Waals surface area contributed by atoms with E-state index in [0.717, 1.165) is 31.9 Å². The number of nitrogens with one attached hydrogen (secondary N) is 1. The van der Waals surface area contributed by atoms with E-state index < -0.39 is 10.0 Å². The van der Waals surface area contributed by atoms with Crippen molar-refractivity contribution >= 4 is 21.7 Å². The topological polar surface area (TPSA) is 92.8 Å². The number of hydrogen-bond acceptors (Lipinski definition) is 7. The van der Waals surface area contributed by atoms with Crippen LogP contribution in [0.1, 0.15) is 12.1 Å². The van der Waals surface area contributed by atoms with Gasteiger partial charge in [-0.3, -0.25) is 14.7 Å². The van der Waals surface area contributed by atoms with Gasteiger partial charge >= 0.3 is 0 Å². The molecule has 3 heterocycles. The third kappa shape index (κ3) is 5.61. The van der Waals surface area contributed by atoms with Crippen LogP contribution < -0.4 is 15.4 Å². The minimum absolute atomic E-state index is 0.184.